The molecule has 0 N–H and O–H groups in total. The van der Waals surface area contributed by atoms with Crippen molar-refractivity contribution in [1.82, 2.24) is 4.57 Å². The number of Topliss-reactive ketones (excluding diaryl/α,β-unsaturated/α-hetero) is 1. The van der Waals surface area contributed by atoms with E-state index < -0.39 is 17.3 Å². The average molecular weight is 243 g/mol. The van der Waals surface area contributed by atoms with Crippen molar-refractivity contribution >= 4 is 22.7 Å². The van der Waals surface area contributed by atoms with Gasteiger partial charge in [-0.05, 0) is 12.1 Å². The number of pyridine rings is 1. The van der Waals surface area contributed by atoms with Crippen molar-refractivity contribution in [2.24, 2.45) is 7.05 Å². The van der Waals surface area contributed by atoms with Crippen LogP contribution < -0.4 is 10.3 Å². The molecule has 1 aromatic heterocycles. The van der Waals surface area contributed by atoms with Crippen molar-refractivity contribution in [1.29, 1.82) is 0 Å². The molecule has 1 aliphatic heterocycles. The van der Waals surface area contributed by atoms with Gasteiger partial charge in [-0.25, -0.2) is 0 Å². The second-order valence-corrected chi connectivity index (χ2v) is 4.16. The zero-order valence-electron chi connectivity index (χ0n) is 9.60. The molecule has 0 aliphatic carbocycles. The Bertz CT molecular complexity index is 757. The number of esters is 1. The quantitative estimate of drug-likeness (QED) is 0.512. The molecule has 3 rings (SSSR count). The summed E-state index contributed by atoms with van der Waals surface area (Å²) in [7, 11) is 1.59. The van der Waals surface area contributed by atoms with Crippen molar-refractivity contribution in [2.45, 2.75) is 6.42 Å². The number of carbonyl (C=O) groups excluding carboxylic acids is 2. The molecule has 0 saturated heterocycles. The van der Waals surface area contributed by atoms with E-state index in [1.54, 1.807) is 31.3 Å². The Kier molecular flexibility index (Phi) is 2.10. The van der Waals surface area contributed by atoms with Crippen molar-refractivity contribution in [3.05, 3.63) is 40.2 Å². The number of benzene rings is 1. The Morgan fingerprint density at radius 3 is 2.67 bits per heavy atom. The third kappa shape index (κ3) is 1.30. The van der Waals surface area contributed by atoms with Crippen LogP contribution in [0, 0.1) is 0 Å². The SMILES string of the molecule is Cn1c(=O)c2c(c3ccccc31)OC(=O)CC2=O. The molecule has 0 fully saturated rings. The van der Waals surface area contributed by atoms with E-state index in [2.05, 4.69) is 0 Å². The van der Waals surface area contributed by atoms with Crippen LogP contribution in [-0.2, 0) is 11.8 Å². The molecule has 90 valence electrons. The zero-order valence-corrected chi connectivity index (χ0v) is 9.60. The standard InChI is InChI=1S/C13H9NO4/c1-14-8-5-3-2-4-7(8)12-11(13(14)17)9(15)6-10(16)18-12/h2-5H,6H2,1H3. The highest BCUT2D eigenvalue weighted by atomic mass is 16.5. The van der Waals surface area contributed by atoms with Crippen molar-refractivity contribution in [3.8, 4) is 5.75 Å². The van der Waals surface area contributed by atoms with Gasteiger partial charge in [0.15, 0.2) is 11.5 Å². The lowest BCUT2D eigenvalue weighted by Crippen LogP contribution is -2.32. The summed E-state index contributed by atoms with van der Waals surface area (Å²) >= 11 is 0. The molecule has 0 bridgehead atoms. The molecule has 2 heterocycles. The number of carbonyl (C=O) groups is 2. The fourth-order valence-electron chi connectivity index (χ4n) is 2.19. The predicted octanol–water partition coefficient (Wildman–Crippen LogP) is 1.03. The minimum Gasteiger partial charge on any atom is -0.424 e. The fourth-order valence-corrected chi connectivity index (χ4v) is 2.19. The number of nitrogens with zero attached hydrogens (tertiary/aromatic N) is 1. The van der Waals surface area contributed by atoms with Gasteiger partial charge in [0.2, 0.25) is 0 Å². The van der Waals surface area contributed by atoms with Crippen LogP contribution in [0.4, 0.5) is 0 Å². The van der Waals surface area contributed by atoms with Gasteiger partial charge in [-0.3, -0.25) is 14.4 Å². The first-order valence-electron chi connectivity index (χ1n) is 5.45. The van der Waals surface area contributed by atoms with Crippen LogP contribution in [0.25, 0.3) is 10.9 Å². The van der Waals surface area contributed by atoms with Gasteiger partial charge in [0.25, 0.3) is 5.56 Å². The van der Waals surface area contributed by atoms with E-state index in [9.17, 15) is 14.4 Å². The van der Waals surface area contributed by atoms with Crippen LogP contribution in [0.1, 0.15) is 16.8 Å². The zero-order chi connectivity index (χ0) is 12.9. The first-order chi connectivity index (χ1) is 8.59. The van der Waals surface area contributed by atoms with Gasteiger partial charge in [0, 0.05) is 12.4 Å². The van der Waals surface area contributed by atoms with Crippen molar-refractivity contribution in [2.75, 3.05) is 0 Å². The van der Waals surface area contributed by atoms with E-state index in [0.29, 0.717) is 10.9 Å². The monoisotopic (exact) mass is 243 g/mol. The second-order valence-electron chi connectivity index (χ2n) is 4.16. The van der Waals surface area contributed by atoms with Gasteiger partial charge < -0.3 is 9.30 Å². The lowest BCUT2D eigenvalue weighted by atomic mass is 10.0. The van der Waals surface area contributed by atoms with Gasteiger partial charge in [0.1, 0.15) is 12.0 Å². The minimum atomic E-state index is -0.620. The maximum atomic E-state index is 12.1. The number of hydrogen-bond donors (Lipinski definition) is 0. The lowest BCUT2D eigenvalue weighted by molar-refractivity contribution is -0.133. The van der Waals surface area contributed by atoms with Crippen molar-refractivity contribution in [3.63, 3.8) is 0 Å². The Morgan fingerprint density at radius 1 is 1.17 bits per heavy atom. The fraction of sp³-hybridized carbons (Fsp3) is 0.154. The van der Waals surface area contributed by atoms with Gasteiger partial charge >= 0.3 is 5.97 Å². The maximum Gasteiger partial charge on any atom is 0.319 e. The summed E-state index contributed by atoms with van der Waals surface area (Å²) in [6.07, 6.45) is -0.374. The number of para-hydroxylation sites is 1. The summed E-state index contributed by atoms with van der Waals surface area (Å²) in [5, 5.41) is 0.594. The number of fused-ring (bicyclic) bond motifs is 3. The molecular weight excluding hydrogens is 234 g/mol. The molecule has 0 radical (unpaired) electrons. The van der Waals surface area contributed by atoms with Crippen LogP contribution >= 0.6 is 0 Å². The van der Waals surface area contributed by atoms with E-state index in [4.69, 9.17) is 4.74 Å². The molecule has 1 aliphatic rings. The first kappa shape index (κ1) is 10.7. The summed E-state index contributed by atoms with van der Waals surface area (Å²) in [6, 6.07) is 7.00. The molecule has 2 aromatic rings. The van der Waals surface area contributed by atoms with E-state index in [1.165, 1.54) is 4.57 Å². The lowest BCUT2D eigenvalue weighted by Gasteiger charge is -2.17. The molecule has 1 aromatic carbocycles. The minimum absolute atomic E-state index is 0.0317. The smallest absolute Gasteiger partial charge is 0.319 e. The van der Waals surface area contributed by atoms with E-state index in [1.807, 2.05) is 0 Å². The highest BCUT2D eigenvalue weighted by Gasteiger charge is 2.30. The number of hydrogen-bond acceptors (Lipinski definition) is 4. The summed E-state index contributed by atoms with van der Waals surface area (Å²) < 4.78 is 6.47. The molecule has 18 heavy (non-hydrogen) atoms. The Morgan fingerprint density at radius 2 is 1.89 bits per heavy atom. The summed E-state index contributed by atoms with van der Waals surface area (Å²) in [5.41, 5.74) is 0.167. The third-order valence-electron chi connectivity index (χ3n) is 3.06. The maximum absolute atomic E-state index is 12.1. The average Bonchev–Trinajstić information content (AvgIpc) is 2.35. The molecule has 0 unspecified atom stereocenters. The van der Waals surface area contributed by atoms with Crippen LogP contribution in [0.3, 0.4) is 0 Å². The molecule has 5 heteroatoms. The molecule has 0 atom stereocenters. The predicted molar refractivity (Wildman–Crippen MR) is 63.8 cm³/mol. The van der Waals surface area contributed by atoms with Gasteiger partial charge in [-0.2, -0.15) is 0 Å². The molecular formula is C13H9NO4. The Hall–Kier alpha value is -2.43. The molecule has 5 nitrogen and oxygen atoms in total. The largest absolute Gasteiger partial charge is 0.424 e. The van der Waals surface area contributed by atoms with E-state index >= 15 is 0 Å². The molecule has 0 spiro atoms. The summed E-state index contributed by atoms with van der Waals surface area (Å²) in [6.45, 7) is 0. The number of aryl methyl sites for hydroxylation is 1. The van der Waals surface area contributed by atoms with Crippen LogP contribution in [0.2, 0.25) is 0 Å². The topological polar surface area (TPSA) is 65.4 Å². The normalized spacial score (nSPS) is 14.5. The number of ketones is 1. The van der Waals surface area contributed by atoms with Gasteiger partial charge in [-0.15, -0.1) is 0 Å². The second kappa shape index (κ2) is 3.53. The summed E-state index contributed by atoms with van der Waals surface area (Å²) in [5.74, 6) is -1.01. The summed E-state index contributed by atoms with van der Waals surface area (Å²) in [4.78, 5) is 35.2. The van der Waals surface area contributed by atoms with E-state index in [-0.39, 0.29) is 17.7 Å². The Labute approximate surface area is 102 Å². The third-order valence-corrected chi connectivity index (χ3v) is 3.06. The van der Waals surface area contributed by atoms with Crippen molar-refractivity contribution < 1.29 is 14.3 Å². The van der Waals surface area contributed by atoms with Gasteiger partial charge in [0.05, 0.1) is 5.52 Å². The Balaban J connectivity index is 2.54. The van der Waals surface area contributed by atoms with Gasteiger partial charge in [-0.1, -0.05) is 12.1 Å². The van der Waals surface area contributed by atoms with Crippen LogP contribution in [0.5, 0.6) is 5.75 Å². The first-order valence-corrected chi connectivity index (χ1v) is 5.45. The number of rotatable bonds is 0. The highest BCUT2D eigenvalue weighted by molar-refractivity contribution is 6.13. The van der Waals surface area contributed by atoms with E-state index in [0.717, 1.165) is 0 Å². The molecule has 0 amide bonds. The van der Waals surface area contributed by atoms with Crippen LogP contribution in [-0.4, -0.2) is 16.3 Å². The van der Waals surface area contributed by atoms with Crippen LogP contribution in [0.15, 0.2) is 29.1 Å². The number of ether oxygens (including phenoxy) is 1. The number of aromatic nitrogens is 1. The molecule has 0 saturated carbocycles. The highest BCUT2D eigenvalue weighted by Crippen LogP contribution is 2.30.